The molecule has 1 aromatic carbocycles. The molecule has 0 unspecified atom stereocenters. The van der Waals surface area contributed by atoms with Crippen LogP contribution in [0, 0.1) is 6.92 Å². The molecule has 1 heterocycles. The third kappa shape index (κ3) is 3.91. The van der Waals surface area contributed by atoms with Gasteiger partial charge in [-0.25, -0.2) is 4.98 Å². The van der Waals surface area contributed by atoms with E-state index in [4.69, 9.17) is 5.73 Å². The second kappa shape index (κ2) is 5.47. The molecule has 2 rings (SSSR count). The summed E-state index contributed by atoms with van der Waals surface area (Å²) < 4.78 is 1.08. The zero-order valence-electron chi connectivity index (χ0n) is 11.6. The Morgan fingerprint density at radius 3 is 2.79 bits per heavy atom. The highest BCUT2D eigenvalue weighted by atomic mass is 79.9. The van der Waals surface area contributed by atoms with Crippen molar-refractivity contribution in [3.8, 4) is 11.3 Å². The van der Waals surface area contributed by atoms with E-state index in [0.29, 0.717) is 0 Å². The molecule has 3 N–H and O–H groups in total. The maximum Gasteiger partial charge on any atom is 0.106 e. The van der Waals surface area contributed by atoms with E-state index in [0.717, 1.165) is 28.8 Å². The molecule has 3 nitrogen and oxygen atoms in total. The number of hydrogen-bond donors (Lipinski definition) is 2. The first-order valence-electron chi connectivity index (χ1n) is 6.44. The first-order valence-corrected chi connectivity index (χ1v) is 7.24. The highest BCUT2D eigenvalue weighted by molar-refractivity contribution is 9.10. The van der Waals surface area contributed by atoms with Gasteiger partial charge in [0.05, 0.1) is 11.9 Å². The zero-order valence-corrected chi connectivity index (χ0v) is 13.2. The van der Waals surface area contributed by atoms with Gasteiger partial charge in [0.2, 0.25) is 0 Å². The fourth-order valence-electron chi connectivity index (χ4n) is 1.95. The molecule has 4 heteroatoms. The first-order chi connectivity index (χ1) is 8.85. The number of rotatable bonds is 4. The van der Waals surface area contributed by atoms with Gasteiger partial charge in [-0.1, -0.05) is 22.0 Å². The normalized spacial score (nSPS) is 11.8. The Balaban J connectivity index is 2.19. The molecule has 0 amide bonds. The number of H-pyrrole nitrogens is 1. The van der Waals surface area contributed by atoms with E-state index < -0.39 is 0 Å². The van der Waals surface area contributed by atoms with Crippen molar-refractivity contribution in [3.63, 3.8) is 0 Å². The van der Waals surface area contributed by atoms with Gasteiger partial charge in [-0.15, -0.1) is 0 Å². The Morgan fingerprint density at radius 2 is 2.11 bits per heavy atom. The standard InChI is InChI=1S/C15H20BrN3/c1-10-4-5-11(16)8-12(10)13-9-18-14(19-13)6-7-15(2,3)17/h4-5,8-9H,6-7,17H2,1-3H3,(H,18,19). The predicted molar refractivity (Wildman–Crippen MR) is 83.0 cm³/mol. The number of nitrogens with two attached hydrogens (primary N) is 1. The number of aromatic amines is 1. The van der Waals surface area contributed by atoms with Crippen LogP contribution < -0.4 is 5.73 Å². The van der Waals surface area contributed by atoms with Crippen LogP contribution in [0.3, 0.4) is 0 Å². The van der Waals surface area contributed by atoms with Crippen molar-refractivity contribution >= 4 is 15.9 Å². The number of benzene rings is 1. The lowest BCUT2D eigenvalue weighted by molar-refractivity contribution is 0.472. The second-order valence-corrected chi connectivity index (χ2v) is 6.61. The fraction of sp³-hybridized carbons (Fsp3) is 0.400. The average Bonchev–Trinajstić information content (AvgIpc) is 2.77. The van der Waals surface area contributed by atoms with Crippen LogP contribution in [-0.2, 0) is 6.42 Å². The number of imidazole rings is 1. The number of nitrogens with one attached hydrogen (secondary N) is 1. The molecule has 0 bridgehead atoms. The number of nitrogens with zero attached hydrogens (tertiary/aromatic N) is 1. The molecule has 19 heavy (non-hydrogen) atoms. The van der Waals surface area contributed by atoms with Crippen LogP contribution in [0.2, 0.25) is 0 Å². The summed E-state index contributed by atoms with van der Waals surface area (Å²) in [6.45, 7) is 6.18. The lowest BCUT2D eigenvalue weighted by atomic mass is 10.00. The van der Waals surface area contributed by atoms with Crippen LogP contribution in [0.25, 0.3) is 11.3 Å². The van der Waals surface area contributed by atoms with Gasteiger partial charge in [-0.05, 0) is 44.9 Å². The van der Waals surface area contributed by atoms with Gasteiger partial charge < -0.3 is 10.7 Å². The molecular formula is C15H20BrN3. The van der Waals surface area contributed by atoms with Gasteiger partial charge in [-0.2, -0.15) is 0 Å². The van der Waals surface area contributed by atoms with Gasteiger partial charge in [-0.3, -0.25) is 0 Å². The minimum atomic E-state index is -0.154. The van der Waals surface area contributed by atoms with Gasteiger partial charge >= 0.3 is 0 Å². The molecule has 0 spiro atoms. The van der Waals surface area contributed by atoms with E-state index in [1.807, 2.05) is 26.1 Å². The monoisotopic (exact) mass is 321 g/mol. The molecule has 0 aliphatic heterocycles. The van der Waals surface area contributed by atoms with Gasteiger partial charge in [0.25, 0.3) is 0 Å². The quantitative estimate of drug-likeness (QED) is 0.899. The molecule has 2 aromatic rings. The molecular weight excluding hydrogens is 302 g/mol. The Morgan fingerprint density at radius 1 is 1.37 bits per heavy atom. The Labute approximate surface area is 122 Å². The topological polar surface area (TPSA) is 54.7 Å². The molecule has 0 fully saturated rings. The van der Waals surface area contributed by atoms with Crippen molar-refractivity contribution in [2.45, 2.75) is 39.2 Å². The summed E-state index contributed by atoms with van der Waals surface area (Å²) in [6, 6.07) is 6.26. The maximum absolute atomic E-state index is 6.00. The van der Waals surface area contributed by atoms with Crippen LogP contribution in [0.4, 0.5) is 0 Å². The number of hydrogen-bond acceptors (Lipinski definition) is 2. The molecule has 102 valence electrons. The Bertz CT molecular complexity index is 567. The minimum Gasteiger partial charge on any atom is -0.342 e. The second-order valence-electron chi connectivity index (χ2n) is 5.69. The zero-order chi connectivity index (χ0) is 14.0. The highest BCUT2D eigenvalue weighted by Gasteiger charge is 2.12. The van der Waals surface area contributed by atoms with Crippen molar-refractivity contribution in [2.24, 2.45) is 5.73 Å². The van der Waals surface area contributed by atoms with Crippen LogP contribution in [0.15, 0.2) is 28.9 Å². The fourth-order valence-corrected chi connectivity index (χ4v) is 2.31. The molecule has 1 aromatic heterocycles. The van der Waals surface area contributed by atoms with Gasteiger partial charge in [0, 0.05) is 22.0 Å². The number of aromatic nitrogens is 2. The summed E-state index contributed by atoms with van der Waals surface area (Å²) in [5.41, 5.74) is 9.32. The van der Waals surface area contributed by atoms with Crippen molar-refractivity contribution in [2.75, 3.05) is 0 Å². The summed E-state index contributed by atoms with van der Waals surface area (Å²) in [6.07, 6.45) is 3.68. The summed E-state index contributed by atoms with van der Waals surface area (Å²) in [5.74, 6) is 0.993. The number of aryl methyl sites for hydroxylation is 2. The molecule has 0 atom stereocenters. The predicted octanol–water partition coefficient (Wildman–Crippen LogP) is 3.82. The van der Waals surface area contributed by atoms with Crippen LogP contribution in [0.5, 0.6) is 0 Å². The minimum absolute atomic E-state index is 0.154. The van der Waals surface area contributed by atoms with Crippen molar-refractivity contribution in [1.29, 1.82) is 0 Å². The summed E-state index contributed by atoms with van der Waals surface area (Å²) in [5, 5.41) is 0. The third-order valence-corrected chi connectivity index (χ3v) is 3.62. The van der Waals surface area contributed by atoms with Crippen molar-refractivity contribution in [1.82, 2.24) is 9.97 Å². The lowest BCUT2D eigenvalue weighted by Gasteiger charge is -2.16. The van der Waals surface area contributed by atoms with Crippen LogP contribution >= 0.6 is 15.9 Å². The van der Waals surface area contributed by atoms with Crippen molar-refractivity contribution in [3.05, 3.63) is 40.3 Å². The largest absolute Gasteiger partial charge is 0.342 e. The Kier molecular flexibility index (Phi) is 4.11. The van der Waals surface area contributed by atoms with Crippen molar-refractivity contribution < 1.29 is 0 Å². The maximum atomic E-state index is 6.00. The molecule has 0 saturated carbocycles. The van der Waals surface area contributed by atoms with E-state index >= 15 is 0 Å². The smallest absolute Gasteiger partial charge is 0.106 e. The SMILES string of the molecule is Cc1ccc(Br)cc1-c1cnc(CCC(C)(C)N)[nH]1. The summed E-state index contributed by atoms with van der Waals surface area (Å²) in [7, 11) is 0. The van der Waals surface area contributed by atoms with Crippen LogP contribution in [0.1, 0.15) is 31.7 Å². The third-order valence-electron chi connectivity index (χ3n) is 3.12. The highest BCUT2D eigenvalue weighted by Crippen LogP contribution is 2.25. The molecule has 0 saturated heterocycles. The lowest BCUT2D eigenvalue weighted by Crippen LogP contribution is -2.32. The summed E-state index contributed by atoms with van der Waals surface area (Å²) >= 11 is 3.51. The van der Waals surface area contributed by atoms with Crippen LogP contribution in [-0.4, -0.2) is 15.5 Å². The molecule has 0 radical (unpaired) electrons. The number of halogens is 1. The van der Waals surface area contributed by atoms with E-state index in [-0.39, 0.29) is 5.54 Å². The molecule has 0 aliphatic carbocycles. The van der Waals surface area contributed by atoms with Gasteiger partial charge in [0.15, 0.2) is 0 Å². The first kappa shape index (κ1) is 14.3. The van der Waals surface area contributed by atoms with E-state index in [2.05, 4.69) is 45.0 Å². The molecule has 0 aliphatic rings. The van der Waals surface area contributed by atoms with Gasteiger partial charge in [0.1, 0.15) is 5.82 Å². The Hall–Kier alpha value is -1.13. The van der Waals surface area contributed by atoms with E-state index in [1.165, 1.54) is 11.1 Å². The van der Waals surface area contributed by atoms with E-state index in [9.17, 15) is 0 Å². The summed E-state index contributed by atoms with van der Waals surface area (Å²) in [4.78, 5) is 7.82. The average molecular weight is 322 g/mol. The van der Waals surface area contributed by atoms with E-state index in [1.54, 1.807) is 0 Å².